The number of alkyl halides is 5. The summed E-state index contributed by atoms with van der Waals surface area (Å²) in [6.07, 6.45) is -4.17. The van der Waals surface area contributed by atoms with Gasteiger partial charge in [0.05, 0.1) is 9.10 Å². The molecular weight excluding hydrogens is 583 g/mol. The molecule has 0 saturated carbocycles. The minimum atomic E-state index is -5.63. The molecule has 0 unspecified atom stereocenters. The number of piperidine rings is 1. The number of fused-ring (bicyclic) bond motifs is 1. The number of nitrogens with zero attached hydrogens (tertiary/aromatic N) is 3. The highest BCUT2D eigenvalue weighted by atomic mass is 32.2. The van der Waals surface area contributed by atoms with Gasteiger partial charge in [-0.3, -0.25) is 9.29 Å². The zero-order valence-electron chi connectivity index (χ0n) is 21.1. The Balaban J connectivity index is 1.58. The van der Waals surface area contributed by atoms with E-state index in [1.807, 2.05) is 0 Å². The minimum absolute atomic E-state index is 0.0343. The van der Waals surface area contributed by atoms with Gasteiger partial charge >= 0.3 is 17.8 Å². The number of nitrogens with one attached hydrogen (secondary N) is 1. The summed E-state index contributed by atoms with van der Waals surface area (Å²) < 4.78 is 94.4. The van der Waals surface area contributed by atoms with Gasteiger partial charge in [0.1, 0.15) is 5.69 Å². The van der Waals surface area contributed by atoms with Crippen molar-refractivity contribution in [3.63, 3.8) is 0 Å². The average Bonchev–Trinajstić information content (AvgIpc) is 3.19. The van der Waals surface area contributed by atoms with Crippen LogP contribution in [0.4, 0.5) is 33.5 Å². The average molecular weight is 611 g/mol. The van der Waals surface area contributed by atoms with E-state index in [1.165, 1.54) is 28.0 Å². The number of thioether (sulfide) groups is 1. The fraction of sp³-hybridized carbons (Fsp3) is 0.500. The molecule has 0 aromatic heterocycles. The van der Waals surface area contributed by atoms with Crippen LogP contribution in [0.1, 0.15) is 42.7 Å². The van der Waals surface area contributed by atoms with Crippen LogP contribution in [0.3, 0.4) is 0 Å². The molecule has 1 saturated heterocycles. The normalized spacial score (nSPS) is 15.2. The van der Waals surface area contributed by atoms with Gasteiger partial charge in [-0.15, -0.1) is 23.1 Å². The quantitative estimate of drug-likeness (QED) is 0.176. The molecule has 4 rings (SSSR count). The summed E-state index contributed by atoms with van der Waals surface area (Å²) in [6, 6.07) is 6.38. The molecule has 1 aromatic carbocycles. The summed E-state index contributed by atoms with van der Waals surface area (Å²) in [6.45, 7) is 5.16. The number of hydrogen-bond donors (Lipinski definition) is 1. The zero-order chi connectivity index (χ0) is 28.6. The molecule has 0 amide bonds. The molecular formula is C24H27F5N4O3S3. The van der Waals surface area contributed by atoms with E-state index < -0.39 is 40.7 Å². The molecule has 39 heavy (non-hydrogen) atoms. The van der Waals surface area contributed by atoms with Gasteiger partial charge in [0.15, 0.2) is 5.82 Å². The SMILES string of the molecule is Cc1sc(SCCCC(F)(F)C(F)(F)F)c2c(NS(=O)(=O)c3ccc(N4CCCCC4)cc3)nc(=O)n-2c1C. The van der Waals surface area contributed by atoms with Crippen molar-refractivity contribution in [2.45, 2.75) is 67.2 Å². The second-order valence-corrected chi connectivity index (χ2v) is 13.5. The summed E-state index contributed by atoms with van der Waals surface area (Å²) in [4.78, 5) is 19.4. The van der Waals surface area contributed by atoms with Crippen LogP contribution >= 0.6 is 23.1 Å². The van der Waals surface area contributed by atoms with Crippen LogP contribution in [-0.4, -0.2) is 48.9 Å². The molecule has 3 heterocycles. The molecule has 0 aliphatic carbocycles. The summed E-state index contributed by atoms with van der Waals surface area (Å²) in [5, 5.41) is 0. The Morgan fingerprint density at radius 3 is 2.31 bits per heavy atom. The number of sulfonamides is 1. The first-order valence-corrected chi connectivity index (χ1v) is 15.5. The van der Waals surface area contributed by atoms with Crippen LogP contribution < -0.4 is 15.3 Å². The van der Waals surface area contributed by atoms with Crippen molar-refractivity contribution in [3.05, 3.63) is 45.3 Å². The Morgan fingerprint density at radius 2 is 1.69 bits per heavy atom. The second kappa shape index (κ2) is 11.2. The summed E-state index contributed by atoms with van der Waals surface area (Å²) in [5.74, 6) is -5.15. The monoisotopic (exact) mass is 610 g/mol. The molecule has 7 nitrogen and oxygen atoms in total. The van der Waals surface area contributed by atoms with E-state index in [-0.39, 0.29) is 22.2 Å². The van der Waals surface area contributed by atoms with E-state index in [0.717, 1.165) is 49.8 Å². The van der Waals surface area contributed by atoms with E-state index in [4.69, 9.17) is 0 Å². The molecule has 1 N–H and O–H groups in total. The highest BCUT2D eigenvalue weighted by Crippen LogP contribution is 2.42. The van der Waals surface area contributed by atoms with E-state index >= 15 is 0 Å². The molecule has 0 radical (unpaired) electrons. The highest BCUT2D eigenvalue weighted by Gasteiger charge is 2.56. The van der Waals surface area contributed by atoms with Crippen molar-refractivity contribution in [3.8, 4) is 5.69 Å². The predicted molar refractivity (Wildman–Crippen MR) is 143 cm³/mol. The lowest BCUT2D eigenvalue weighted by Gasteiger charge is -2.28. The third-order valence-electron chi connectivity index (χ3n) is 6.51. The number of hydrogen-bond acceptors (Lipinski definition) is 7. The maximum absolute atomic E-state index is 13.3. The first kappa shape index (κ1) is 29.6. The van der Waals surface area contributed by atoms with Crippen molar-refractivity contribution in [2.75, 3.05) is 28.5 Å². The maximum atomic E-state index is 13.3. The topological polar surface area (TPSA) is 84.3 Å². The Bertz CT molecular complexity index is 1450. The molecule has 15 heteroatoms. The van der Waals surface area contributed by atoms with Gasteiger partial charge in [-0.25, -0.2) is 13.2 Å². The molecule has 1 aromatic rings. The fourth-order valence-electron chi connectivity index (χ4n) is 4.26. The van der Waals surface area contributed by atoms with Crippen LogP contribution in [-0.2, 0) is 10.0 Å². The Kier molecular flexibility index (Phi) is 8.53. The minimum Gasteiger partial charge on any atom is -0.372 e. The molecule has 3 aliphatic rings. The van der Waals surface area contributed by atoms with Crippen molar-refractivity contribution < 1.29 is 30.4 Å². The standard InChI is InChI=1S/C24H27F5N4O3S3/c1-15-16(2)38-21(37-14-6-11-23(25,26)24(27,28)29)19-20(30-22(34)33(15)19)31-39(35,36)18-9-7-17(8-10-18)32-12-4-3-5-13-32/h7-10H,3-6,11-14H2,1-2H3,(H,30,31,34). The van der Waals surface area contributed by atoms with Gasteiger partial charge in [-0.05, 0) is 69.5 Å². The lowest BCUT2D eigenvalue weighted by molar-refractivity contribution is -0.284. The largest absolute Gasteiger partial charge is 0.453 e. The van der Waals surface area contributed by atoms with Gasteiger partial charge in [0.25, 0.3) is 10.0 Å². The third kappa shape index (κ3) is 6.35. The number of imidazole rings is 1. The fourth-order valence-corrected chi connectivity index (χ4v) is 7.73. The van der Waals surface area contributed by atoms with Crippen LogP contribution in [0.25, 0.3) is 5.69 Å². The summed E-state index contributed by atoms with van der Waals surface area (Å²) in [7, 11) is -4.15. The van der Waals surface area contributed by atoms with E-state index in [0.29, 0.717) is 14.8 Å². The Morgan fingerprint density at radius 1 is 1.05 bits per heavy atom. The van der Waals surface area contributed by atoms with Crippen LogP contribution in [0.2, 0.25) is 0 Å². The van der Waals surface area contributed by atoms with Crippen molar-refractivity contribution in [2.24, 2.45) is 0 Å². The van der Waals surface area contributed by atoms with E-state index in [1.54, 1.807) is 26.0 Å². The Hall–Kier alpha value is -2.39. The van der Waals surface area contributed by atoms with Gasteiger partial charge < -0.3 is 4.90 Å². The number of benzene rings is 1. The van der Waals surface area contributed by atoms with Crippen LogP contribution in [0, 0.1) is 13.8 Å². The molecule has 3 aliphatic heterocycles. The van der Waals surface area contributed by atoms with Gasteiger partial charge in [-0.2, -0.15) is 26.9 Å². The van der Waals surface area contributed by atoms with Crippen LogP contribution in [0.15, 0.2) is 38.2 Å². The lowest BCUT2D eigenvalue weighted by Crippen LogP contribution is -2.36. The smallest absolute Gasteiger partial charge is 0.372 e. The summed E-state index contributed by atoms with van der Waals surface area (Å²) in [5.41, 5.74) is 0.818. The number of aryl methyl sites for hydroxylation is 1. The Labute approximate surface area is 230 Å². The molecule has 0 spiro atoms. The number of halogens is 5. The zero-order valence-corrected chi connectivity index (χ0v) is 23.6. The number of rotatable bonds is 9. The molecule has 1 fully saturated rings. The summed E-state index contributed by atoms with van der Waals surface area (Å²) >= 11 is 2.15. The van der Waals surface area contributed by atoms with Gasteiger partial charge in [-0.1, -0.05) is 0 Å². The van der Waals surface area contributed by atoms with E-state index in [2.05, 4.69) is 14.6 Å². The number of aromatic nitrogens is 2. The van der Waals surface area contributed by atoms with Crippen molar-refractivity contribution >= 4 is 44.6 Å². The highest BCUT2D eigenvalue weighted by molar-refractivity contribution is 8.01. The van der Waals surface area contributed by atoms with Gasteiger partial charge in [0.2, 0.25) is 0 Å². The third-order valence-corrected chi connectivity index (χ3v) is 10.4. The first-order valence-electron chi connectivity index (χ1n) is 12.2. The first-order chi connectivity index (χ1) is 18.2. The van der Waals surface area contributed by atoms with Crippen molar-refractivity contribution in [1.29, 1.82) is 0 Å². The second-order valence-electron chi connectivity index (χ2n) is 9.26. The van der Waals surface area contributed by atoms with Crippen LogP contribution in [0.5, 0.6) is 0 Å². The number of anilines is 2. The lowest BCUT2D eigenvalue weighted by atomic mass is 10.1. The van der Waals surface area contributed by atoms with Crippen molar-refractivity contribution in [1.82, 2.24) is 9.55 Å². The molecule has 0 atom stereocenters. The predicted octanol–water partition coefficient (Wildman–Crippen LogP) is 6.21. The molecule has 214 valence electrons. The van der Waals surface area contributed by atoms with Gasteiger partial charge in [0, 0.05) is 35.8 Å². The van der Waals surface area contributed by atoms with E-state index in [9.17, 15) is 35.2 Å². The maximum Gasteiger partial charge on any atom is 0.453 e. The molecule has 0 bridgehead atoms.